The number of hydrogen-bond acceptors (Lipinski definition) is 5. The molecule has 0 fully saturated rings. The summed E-state index contributed by atoms with van der Waals surface area (Å²) in [6, 6.07) is 20.0. The van der Waals surface area contributed by atoms with Gasteiger partial charge in [0.25, 0.3) is 6.33 Å². The van der Waals surface area contributed by atoms with E-state index in [9.17, 15) is 5.11 Å². The first kappa shape index (κ1) is 31.2. The van der Waals surface area contributed by atoms with Crippen molar-refractivity contribution in [1.82, 2.24) is 4.98 Å². The Hall–Kier alpha value is -3.42. The fraction of sp³-hybridized carbons (Fsp3) is 0.350. The fourth-order valence-electron chi connectivity index (χ4n) is 7.98. The number of nitrogens with zero attached hydrogens (tertiary/aromatic N) is 2. The number of methoxy groups -OCH3 is 1. The Balaban J connectivity index is 1.67. The van der Waals surface area contributed by atoms with Crippen LogP contribution in [0.15, 0.2) is 73.1 Å². The van der Waals surface area contributed by atoms with Gasteiger partial charge >= 0.3 is 0 Å². The van der Waals surface area contributed by atoms with Gasteiger partial charge in [0.2, 0.25) is 5.52 Å². The topological polar surface area (TPSA) is 46.2 Å². The molecule has 2 unspecified atom stereocenters. The minimum absolute atomic E-state index is 0.0747. The number of ether oxygens (including phenoxy) is 1. The summed E-state index contributed by atoms with van der Waals surface area (Å²) in [5.74, 6) is 0. The number of aliphatic hydroxyl groups is 1. The van der Waals surface area contributed by atoms with Crippen LogP contribution in [0.2, 0.25) is 0 Å². The van der Waals surface area contributed by atoms with Crippen LogP contribution in [0.25, 0.3) is 52.1 Å². The van der Waals surface area contributed by atoms with Crippen molar-refractivity contribution in [1.29, 1.82) is 0 Å². The third-order valence-electron chi connectivity index (χ3n) is 10.8. The van der Waals surface area contributed by atoms with Crippen LogP contribution in [0.4, 0.5) is 0 Å². The maximum atomic E-state index is 10.8. The molecule has 4 nitrogen and oxygen atoms in total. The maximum Gasteiger partial charge on any atom is 0.288 e. The molecule has 3 aromatic carbocycles. The highest BCUT2D eigenvalue weighted by Crippen LogP contribution is 2.56. The van der Waals surface area contributed by atoms with Gasteiger partial charge in [-0.05, 0) is 88.1 Å². The van der Waals surface area contributed by atoms with Gasteiger partial charge in [-0.3, -0.25) is 0 Å². The second kappa shape index (κ2) is 10.8. The van der Waals surface area contributed by atoms with Crippen molar-refractivity contribution in [2.24, 2.45) is 0 Å². The number of thiophene rings is 2. The number of aliphatic hydroxyl groups excluding tert-OH is 1. The molecule has 236 valence electrons. The second-order valence-electron chi connectivity index (χ2n) is 14.3. The molecule has 0 aliphatic carbocycles. The zero-order valence-corrected chi connectivity index (χ0v) is 29.8. The molecule has 4 heterocycles. The van der Waals surface area contributed by atoms with Crippen molar-refractivity contribution in [2.45, 2.75) is 71.3 Å². The van der Waals surface area contributed by atoms with Crippen LogP contribution in [-0.4, -0.2) is 30.4 Å². The third-order valence-corrected chi connectivity index (χ3v) is 13.5. The Morgan fingerprint density at radius 2 is 1.61 bits per heavy atom. The standard InChI is InChI=1S/C40H43N2O2S2/c1-23(21-43)40(8)39(7,18-19-44-9)32-28-16-11-10-15-27(28)30(38(4,5)6)20-29(32)34-37-33(41-22-42(34)40)25(3)36(46-37)35-24(2)26-14-12-13-17-31(26)45-35/h10-17,20,22,43H,1,18-19,21H2,2-9H3/q+1. The van der Waals surface area contributed by atoms with Gasteiger partial charge in [-0.2, -0.15) is 0 Å². The summed E-state index contributed by atoms with van der Waals surface area (Å²) in [6.07, 6.45) is 2.77. The van der Waals surface area contributed by atoms with E-state index < -0.39 is 11.0 Å². The predicted molar refractivity (Wildman–Crippen MR) is 195 cm³/mol. The summed E-state index contributed by atoms with van der Waals surface area (Å²) in [6.45, 7) is 21.0. The molecule has 1 N–H and O–H groups in total. The van der Waals surface area contributed by atoms with E-state index in [1.54, 1.807) is 7.11 Å². The third kappa shape index (κ3) is 4.16. The second-order valence-corrected chi connectivity index (χ2v) is 16.4. The molecule has 1 aliphatic rings. The molecule has 1 aliphatic heterocycles. The Labute approximate surface area is 280 Å². The Morgan fingerprint density at radius 3 is 2.26 bits per heavy atom. The molecule has 2 atom stereocenters. The van der Waals surface area contributed by atoms with Gasteiger partial charge in [-0.1, -0.05) is 76.7 Å². The molecule has 0 radical (unpaired) electrons. The van der Waals surface area contributed by atoms with Crippen molar-refractivity contribution < 1.29 is 14.4 Å². The average Bonchev–Trinajstić information content (AvgIpc) is 3.56. The molecule has 0 spiro atoms. The van der Waals surface area contributed by atoms with Crippen molar-refractivity contribution in [3.8, 4) is 21.0 Å². The highest BCUT2D eigenvalue weighted by molar-refractivity contribution is 7.29. The lowest BCUT2D eigenvalue weighted by Crippen LogP contribution is -2.69. The molecule has 0 amide bonds. The number of benzene rings is 3. The monoisotopic (exact) mass is 647 g/mol. The van der Waals surface area contributed by atoms with Gasteiger partial charge < -0.3 is 9.84 Å². The Bertz CT molecular complexity index is 2200. The number of fused-ring (bicyclic) bond motifs is 8. The van der Waals surface area contributed by atoms with E-state index in [1.165, 1.54) is 63.1 Å². The molecule has 0 bridgehead atoms. The number of aryl methyl sites for hydroxylation is 2. The zero-order valence-electron chi connectivity index (χ0n) is 28.2. The molecule has 6 heteroatoms. The van der Waals surface area contributed by atoms with Crippen LogP contribution >= 0.6 is 22.7 Å². The fourth-order valence-corrected chi connectivity index (χ4v) is 10.7. The van der Waals surface area contributed by atoms with Crippen LogP contribution < -0.4 is 4.57 Å². The van der Waals surface area contributed by atoms with Gasteiger partial charge in [-0.15, -0.1) is 22.7 Å². The van der Waals surface area contributed by atoms with E-state index in [4.69, 9.17) is 9.72 Å². The largest absolute Gasteiger partial charge is 0.392 e. The van der Waals surface area contributed by atoms with Gasteiger partial charge in [0, 0.05) is 39.8 Å². The van der Waals surface area contributed by atoms with E-state index >= 15 is 0 Å². The molecular weight excluding hydrogens is 605 g/mol. The normalized spacial score (nSPS) is 19.6. The van der Waals surface area contributed by atoms with E-state index in [2.05, 4.69) is 114 Å². The Morgan fingerprint density at radius 1 is 0.957 bits per heavy atom. The molecule has 0 saturated carbocycles. The number of aromatic nitrogens is 2. The lowest BCUT2D eigenvalue weighted by molar-refractivity contribution is -0.756. The van der Waals surface area contributed by atoms with E-state index in [-0.39, 0.29) is 12.0 Å². The van der Waals surface area contributed by atoms with Crippen molar-refractivity contribution >= 4 is 53.7 Å². The van der Waals surface area contributed by atoms with E-state index in [0.717, 1.165) is 23.2 Å². The van der Waals surface area contributed by atoms with Gasteiger partial charge in [0.15, 0.2) is 5.69 Å². The molecule has 3 aromatic heterocycles. The first-order chi connectivity index (χ1) is 21.9. The lowest BCUT2D eigenvalue weighted by atomic mass is 9.57. The summed E-state index contributed by atoms with van der Waals surface area (Å²) in [4.78, 5) is 7.81. The van der Waals surface area contributed by atoms with Crippen LogP contribution in [0.3, 0.4) is 0 Å². The van der Waals surface area contributed by atoms with Crippen LogP contribution in [-0.2, 0) is 21.1 Å². The van der Waals surface area contributed by atoms with Crippen molar-refractivity contribution in [2.75, 3.05) is 20.3 Å². The number of rotatable bonds is 6. The van der Waals surface area contributed by atoms with Crippen molar-refractivity contribution in [3.63, 3.8) is 0 Å². The van der Waals surface area contributed by atoms with E-state index in [1.807, 2.05) is 29.0 Å². The van der Waals surface area contributed by atoms with Gasteiger partial charge in [-0.25, -0.2) is 4.57 Å². The maximum absolute atomic E-state index is 10.8. The minimum Gasteiger partial charge on any atom is -0.392 e. The summed E-state index contributed by atoms with van der Waals surface area (Å²) in [7, 11) is 1.77. The smallest absolute Gasteiger partial charge is 0.288 e. The van der Waals surface area contributed by atoms with Crippen LogP contribution in [0.5, 0.6) is 0 Å². The van der Waals surface area contributed by atoms with Gasteiger partial charge in [0.05, 0.1) is 11.5 Å². The molecular formula is C40H43N2O2S2+. The van der Waals surface area contributed by atoms with Crippen LogP contribution in [0, 0.1) is 13.8 Å². The highest BCUT2D eigenvalue weighted by Gasteiger charge is 2.58. The molecule has 0 saturated heterocycles. The molecule has 6 aromatic rings. The SMILES string of the molecule is C=C(CO)C1(C)[n+]2cnc3c(C)c(-c4sc5ccccc5c4C)sc3c2-c2cc(C(C)(C)C)c3ccccc3c2C1(C)CCOC. The lowest BCUT2D eigenvalue weighted by Gasteiger charge is -2.50. The summed E-state index contributed by atoms with van der Waals surface area (Å²) >= 11 is 3.72. The van der Waals surface area contributed by atoms with Crippen LogP contribution in [0.1, 0.15) is 63.3 Å². The van der Waals surface area contributed by atoms with Gasteiger partial charge in [0.1, 0.15) is 10.2 Å². The molecule has 46 heavy (non-hydrogen) atoms. The minimum atomic E-state index is -0.679. The molecule has 7 rings (SSSR count). The number of hydrogen-bond donors (Lipinski definition) is 1. The Kier molecular flexibility index (Phi) is 7.33. The first-order valence-electron chi connectivity index (χ1n) is 16.1. The quantitative estimate of drug-likeness (QED) is 0.145. The summed E-state index contributed by atoms with van der Waals surface area (Å²) < 4.78 is 10.6. The van der Waals surface area contributed by atoms with E-state index in [0.29, 0.717) is 6.61 Å². The predicted octanol–water partition coefficient (Wildman–Crippen LogP) is 9.77. The summed E-state index contributed by atoms with van der Waals surface area (Å²) in [5, 5.41) is 14.6. The first-order valence-corrected chi connectivity index (χ1v) is 17.7. The highest BCUT2D eigenvalue weighted by atomic mass is 32.1. The summed E-state index contributed by atoms with van der Waals surface area (Å²) in [5.41, 5.74) is 8.14. The van der Waals surface area contributed by atoms with Crippen molar-refractivity contribution in [3.05, 3.63) is 95.3 Å². The zero-order chi connectivity index (χ0) is 32.8. The average molecular weight is 648 g/mol.